The van der Waals surface area contributed by atoms with Gasteiger partial charge in [0.05, 0.1) is 4.92 Å². The molecular formula is C19H12BrNO4. The number of allylic oxidation sites excluding steroid dienone is 1. The molecule has 25 heavy (non-hydrogen) atoms. The zero-order valence-electron chi connectivity index (χ0n) is 12.9. The van der Waals surface area contributed by atoms with Gasteiger partial charge in [-0.1, -0.05) is 28.1 Å². The average Bonchev–Trinajstić information content (AvgIpc) is 3.08. The van der Waals surface area contributed by atoms with Gasteiger partial charge in [0.2, 0.25) is 0 Å². The number of hydrogen-bond acceptors (Lipinski definition) is 4. The predicted molar refractivity (Wildman–Crippen MR) is 98.3 cm³/mol. The van der Waals surface area contributed by atoms with Crippen LogP contribution in [-0.4, -0.2) is 10.7 Å². The van der Waals surface area contributed by atoms with Crippen molar-refractivity contribution in [1.29, 1.82) is 0 Å². The Labute approximate surface area is 151 Å². The molecule has 0 saturated heterocycles. The van der Waals surface area contributed by atoms with Crippen LogP contribution in [0.4, 0.5) is 5.69 Å². The summed E-state index contributed by atoms with van der Waals surface area (Å²) in [6, 6.07) is 16.7. The first kappa shape index (κ1) is 16.9. The number of benzene rings is 2. The molecule has 0 unspecified atom stereocenters. The SMILES string of the molecule is O=C(/C=C/c1ccc(-c2ccc([N+](=O)[O-])cc2)o1)c1cccc(Br)c1. The first-order valence-electron chi connectivity index (χ1n) is 7.35. The fourth-order valence-corrected chi connectivity index (χ4v) is 2.64. The van der Waals surface area contributed by atoms with Gasteiger partial charge in [-0.25, -0.2) is 0 Å². The van der Waals surface area contributed by atoms with Gasteiger partial charge < -0.3 is 4.42 Å². The molecule has 6 heteroatoms. The van der Waals surface area contributed by atoms with Gasteiger partial charge in [0, 0.05) is 27.7 Å². The van der Waals surface area contributed by atoms with E-state index in [2.05, 4.69) is 15.9 Å². The Hall–Kier alpha value is -2.99. The molecule has 0 aliphatic rings. The van der Waals surface area contributed by atoms with E-state index in [0.717, 1.165) is 10.0 Å². The van der Waals surface area contributed by atoms with Gasteiger partial charge in [-0.2, -0.15) is 0 Å². The quantitative estimate of drug-likeness (QED) is 0.246. The van der Waals surface area contributed by atoms with Gasteiger partial charge in [-0.05, 0) is 48.6 Å². The lowest BCUT2D eigenvalue weighted by Gasteiger charge is -1.97. The van der Waals surface area contributed by atoms with E-state index in [-0.39, 0.29) is 11.5 Å². The fraction of sp³-hybridized carbons (Fsp3) is 0. The number of halogens is 1. The lowest BCUT2D eigenvalue weighted by atomic mass is 10.1. The highest BCUT2D eigenvalue weighted by atomic mass is 79.9. The summed E-state index contributed by atoms with van der Waals surface area (Å²) in [4.78, 5) is 22.4. The Morgan fingerprint density at radius 1 is 1.08 bits per heavy atom. The lowest BCUT2D eigenvalue weighted by Crippen LogP contribution is -1.93. The van der Waals surface area contributed by atoms with Crippen LogP contribution in [0.15, 0.2) is 75.6 Å². The van der Waals surface area contributed by atoms with Crippen LogP contribution >= 0.6 is 15.9 Å². The minimum absolute atomic E-state index is 0.0232. The van der Waals surface area contributed by atoms with Crippen LogP contribution < -0.4 is 0 Å². The third-order valence-corrected chi connectivity index (χ3v) is 3.99. The molecule has 3 rings (SSSR count). The molecule has 0 saturated carbocycles. The van der Waals surface area contributed by atoms with E-state index >= 15 is 0 Å². The molecule has 0 radical (unpaired) electrons. The maximum atomic E-state index is 12.1. The number of nitro benzene ring substituents is 1. The highest BCUT2D eigenvalue weighted by molar-refractivity contribution is 9.10. The number of carbonyl (C=O) groups is 1. The molecular weight excluding hydrogens is 386 g/mol. The van der Waals surface area contributed by atoms with Crippen molar-refractivity contribution in [3.8, 4) is 11.3 Å². The van der Waals surface area contributed by atoms with E-state index in [0.29, 0.717) is 17.1 Å². The number of nitro groups is 1. The van der Waals surface area contributed by atoms with E-state index in [1.807, 2.05) is 6.07 Å². The summed E-state index contributed by atoms with van der Waals surface area (Å²) in [6.07, 6.45) is 3.04. The molecule has 0 N–H and O–H groups in total. The van der Waals surface area contributed by atoms with Crippen LogP contribution in [0.5, 0.6) is 0 Å². The molecule has 0 bridgehead atoms. The summed E-state index contributed by atoms with van der Waals surface area (Å²) in [6.45, 7) is 0. The highest BCUT2D eigenvalue weighted by Crippen LogP contribution is 2.25. The molecule has 2 aromatic carbocycles. The van der Waals surface area contributed by atoms with Crippen molar-refractivity contribution in [1.82, 2.24) is 0 Å². The maximum Gasteiger partial charge on any atom is 0.269 e. The molecule has 124 valence electrons. The van der Waals surface area contributed by atoms with Crippen LogP contribution in [0.3, 0.4) is 0 Å². The smallest absolute Gasteiger partial charge is 0.269 e. The molecule has 0 spiro atoms. The standard InChI is InChI=1S/C19H12BrNO4/c20-15-3-1-2-14(12-15)18(22)10-8-17-9-11-19(25-17)13-4-6-16(7-5-13)21(23)24/h1-12H/b10-8+. The number of non-ortho nitro benzene ring substituents is 1. The van der Waals surface area contributed by atoms with Crippen LogP contribution in [0.25, 0.3) is 17.4 Å². The summed E-state index contributed by atoms with van der Waals surface area (Å²) >= 11 is 3.33. The minimum Gasteiger partial charge on any atom is -0.457 e. The second-order valence-corrected chi connectivity index (χ2v) is 6.13. The monoisotopic (exact) mass is 397 g/mol. The summed E-state index contributed by atoms with van der Waals surface area (Å²) in [5.41, 5.74) is 1.33. The van der Waals surface area contributed by atoms with Crippen LogP contribution in [0.1, 0.15) is 16.1 Å². The highest BCUT2D eigenvalue weighted by Gasteiger charge is 2.08. The Kier molecular flexibility index (Phi) is 4.90. The van der Waals surface area contributed by atoms with Crippen molar-refractivity contribution >= 4 is 33.5 Å². The van der Waals surface area contributed by atoms with E-state index in [1.165, 1.54) is 18.2 Å². The Bertz CT molecular complexity index is 958. The number of carbonyl (C=O) groups excluding carboxylic acids is 1. The summed E-state index contributed by atoms with van der Waals surface area (Å²) < 4.78 is 6.50. The van der Waals surface area contributed by atoms with Gasteiger partial charge in [-0.3, -0.25) is 14.9 Å². The molecule has 1 aromatic heterocycles. The largest absolute Gasteiger partial charge is 0.457 e. The molecule has 3 aromatic rings. The van der Waals surface area contributed by atoms with Crippen molar-refractivity contribution < 1.29 is 14.1 Å². The second kappa shape index (κ2) is 7.27. The third kappa shape index (κ3) is 4.10. The Morgan fingerprint density at radius 2 is 1.84 bits per heavy atom. The number of hydrogen-bond donors (Lipinski definition) is 0. The second-order valence-electron chi connectivity index (χ2n) is 5.21. The summed E-state index contributed by atoms with van der Waals surface area (Å²) in [5.74, 6) is 0.968. The van der Waals surface area contributed by atoms with Crippen molar-refractivity contribution in [2.24, 2.45) is 0 Å². The van der Waals surface area contributed by atoms with Gasteiger partial charge in [0.1, 0.15) is 11.5 Å². The topological polar surface area (TPSA) is 73.3 Å². The molecule has 0 amide bonds. The van der Waals surface area contributed by atoms with Gasteiger partial charge >= 0.3 is 0 Å². The van der Waals surface area contributed by atoms with Crippen molar-refractivity contribution in [2.45, 2.75) is 0 Å². The van der Waals surface area contributed by atoms with Crippen molar-refractivity contribution in [3.63, 3.8) is 0 Å². The van der Waals surface area contributed by atoms with Crippen LogP contribution in [0, 0.1) is 10.1 Å². The van der Waals surface area contributed by atoms with E-state index in [9.17, 15) is 14.9 Å². The third-order valence-electron chi connectivity index (χ3n) is 3.50. The van der Waals surface area contributed by atoms with Crippen molar-refractivity contribution in [2.75, 3.05) is 0 Å². The van der Waals surface area contributed by atoms with Gasteiger partial charge in [-0.15, -0.1) is 0 Å². The van der Waals surface area contributed by atoms with Crippen molar-refractivity contribution in [3.05, 3.63) is 92.7 Å². The average molecular weight is 398 g/mol. The van der Waals surface area contributed by atoms with Crippen LogP contribution in [-0.2, 0) is 0 Å². The number of furan rings is 1. The van der Waals surface area contributed by atoms with Gasteiger partial charge in [0.15, 0.2) is 5.78 Å². The van der Waals surface area contributed by atoms with E-state index in [4.69, 9.17) is 4.42 Å². The first-order valence-corrected chi connectivity index (χ1v) is 8.15. The summed E-state index contributed by atoms with van der Waals surface area (Å²) in [7, 11) is 0. The molecule has 0 aliphatic carbocycles. The number of nitrogens with zero attached hydrogens (tertiary/aromatic N) is 1. The molecule has 5 nitrogen and oxygen atoms in total. The molecule has 0 fully saturated rings. The minimum atomic E-state index is -0.451. The van der Waals surface area contributed by atoms with E-state index < -0.39 is 4.92 Å². The van der Waals surface area contributed by atoms with Crippen LogP contribution in [0.2, 0.25) is 0 Å². The van der Waals surface area contributed by atoms with E-state index in [1.54, 1.807) is 48.5 Å². The first-order chi connectivity index (χ1) is 12.0. The number of rotatable bonds is 5. The summed E-state index contributed by atoms with van der Waals surface area (Å²) in [5, 5.41) is 10.7. The molecule has 1 heterocycles. The Morgan fingerprint density at radius 3 is 2.52 bits per heavy atom. The zero-order valence-corrected chi connectivity index (χ0v) is 14.5. The maximum absolute atomic E-state index is 12.1. The van der Waals surface area contributed by atoms with Gasteiger partial charge in [0.25, 0.3) is 5.69 Å². The Balaban J connectivity index is 1.75. The predicted octanol–water partition coefficient (Wildman–Crippen LogP) is 5.51. The zero-order chi connectivity index (χ0) is 17.8. The lowest BCUT2D eigenvalue weighted by molar-refractivity contribution is -0.384. The molecule has 0 aliphatic heterocycles. The fourth-order valence-electron chi connectivity index (χ4n) is 2.24. The number of ketones is 1. The normalized spacial score (nSPS) is 10.9. The molecule has 0 atom stereocenters.